The van der Waals surface area contributed by atoms with E-state index in [9.17, 15) is 4.79 Å². The van der Waals surface area contributed by atoms with Crippen LogP contribution in [0, 0.1) is 0 Å². The molecule has 0 aliphatic carbocycles. The topological polar surface area (TPSA) is 77.8 Å². The van der Waals surface area contributed by atoms with Crippen molar-refractivity contribution in [2.75, 3.05) is 0 Å². The Hall–Kier alpha value is -2.75. The molecule has 0 radical (unpaired) electrons. The van der Waals surface area contributed by atoms with Crippen LogP contribution >= 0.6 is 0 Å². The van der Waals surface area contributed by atoms with Gasteiger partial charge in [0.25, 0.3) is 0 Å². The minimum Gasteiger partial charge on any atom is -0.508 e. The fourth-order valence-corrected chi connectivity index (χ4v) is 1.70. The Morgan fingerprint density at radius 1 is 0.955 bits per heavy atom. The maximum absolute atomic E-state index is 10.1. The number of hydrogen-bond donors (Lipinski definition) is 3. The first-order valence-corrected chi connectivity index (χ1v) is 6.99. The Morgan fingerprint density at radius 3 is 1.91 bits per heavy atom. The first kappa shape index (κ1) is 17.3. The minimum atomic E-state index is -0.983. The van der Waals surface area contributed by atoms with Crippen LogP contribution in [-0.4, -0.2) is 21.3 Å². The van der Waals surface area contributed by atoms with Crippen molar-refractivity contribution < 1.29 is 20.1 Å². The first-order chi connectivity index (χ1) is 10.5. The van der Waals surface area contributed by atoms with Gasteiger partial charge in [-0.25, -0.2) is 4.79 Å². The molecule has 4 nitrogen and oxygen atoms in total. The molecule has 2 aromatic carbocycles. The lowest BCUT2D eigenvalue weighted by molar-refractivity contribution is -0.131. The molecule has 0 aliphatic heterocycles. The number of carboxylic acid groups (broad SMARTS) is 1. The van der Waals surface area contributed by atoms with Gasteiger partial charge in [-0.3, -0.25) is 0 Å². The maximum Gasteiger partial charge on any atom is 0.328 e. The number of rotatable bonds is 4. The van der Waals surface area contributed by atoms with Gasteiger partial charge in [-0.1, -0.05) is 37.6 Å². The quantitative estimate of drug-likeness (QED) is 0.750. The van der Waals surface area contributed by atoms with Gasteiger partial charge in [0.15, 0.2) is 0 Å². The highest BCUT2D eigenvalue weighted by molar-refractivity contribution is 5.85. The molecule has 116 valence electrons. The third kappa shape index (κ3) is 7.14. The number of carbonyl (C=O) groups is 1. The highest BCUT2D eigenvalue weighted by atomic mass is 16.4. The molecular formula is C18H20O4. The molecule has 0 unspecified atom stereocenters. The number of phenolic OH excluding ortho intramolecular Hbond substituents is 2. The Kier molecular flexibility index (Phi) is 7.26. The molecule has 0 atom stereocenters. The molecule has 2 rings (SSSR count). The molecule has 0 saturated heterocycles. The van der Waals surface area contributed by atoms with E-state index in [1.807, 2.05) is 12.1 Å². The van der Waals surface area contributed by atoms with Crippen LogP contribution in [0.5, 0.6) is 11.5 Å². The fourth-order valence-electron chi connectivity index (χ4n) is 1.70. The Bertz CT molecular complexity index is 598. The van der Waals surface area contributed by atoms with Crippen molar-refractivity contribution in [2.45, 2.75) is 19.8 Å². The van der Waals surface area contributed by atoms with Crippen LogP contribution in [0.3, 0.4) is 0 Å². The maximum atomic E-state index is 10.1. The second-order valence-electron chi connectivity index (χ2n) is 4.68. The zero-order chi connectivity index (χ0) is 16.4. The summed E-state index contributed by atoms with van der Waals surface area (Å²) in [6, 6.07) is 13.6. The average Bonchev–Trinajstić information content (AvgIpc) is 2.50. The Morgan fingerprint density at radius 2 is 1.45 bits per heavy atom. The molecule has 2 aromatic rings. The lowest BCUT2D eigenvalue weighted by Crippen LogP contribution is -1.85. The largest absolute Gasteiger partial charge is 0.508 e. The predicted octanol–water partition coefficient (Wildman–Crippen LogP) is 3.83. The Balaban J connectivity index is 0.000000224. The van der Waals surface area contributed by atoms with Gasteiger partial charge in [0.1, 0.15) is 11.5 Å². The predicted molar refractivity (Wildman–Crippen MR) is 86.9 cm³/mol. The van der Waals surface area contributed by atoms with Gasteiger partial charge in [0.05, 0.1) is 0 Å². The van der Waals surface area contributed by atoms with Gasteiger partial charge >= 0.3 is 5.97 Å². The molecule has 0 saturated carbocycles. The Labute approximate surface area is 130 Å². The molecule has 0 bridgehead atoms. The third-order valence-corrected chi connectivity index (χ3v) is 2.79. The molecular weight excluding hydrogens is 280 g/mol. The zero-order valence-electron chi connectivity index (χ0n) is 12.4. The van der Waals surface area contributed by atoms with Gasteiger partial charge in [0, 0.05) is 6.08 Å². The van der Waals surface area contributed by atoms with E-state index >= 15 is 0 Å². The number of aliphatic carboxylic acids is 1. The van der Waals surface area contributed by atoms with E-state index < -0.39 is 5.97 Å². The van der Waals surface area contributed by atoms with Gasteiger partial charge < -0.3 is 15.3 Å². The third-order valence-electron chi connectivity index (χ3n) is 2.79. The van der Waals surface area contributed by atoms with Crippen molar-refractivity contribution in [3.05, 3.63) is 65.7 Å². The van der Waals surface area contributed by atoms with Crippen LogP contribution in [0.2, 0.25) is 0 Å². The van der Waals surface area contributed by atoms with E-state index in [4.69, 9.17) is 15.3 Å². The number of hydrogen-bond acceptors (Lipinski definition) is 3. The second kappa shape index (κ2) is 9.23. The van der Waals surface area contributed by atoms with E-state index in [1.165, 1.54) is 23.8 Å². The van der Waals surface area contributed by atoms with E-state index in [0.717, 1.165) is 24.5 Å². The summed E-state index contributed by atoms with van der Waals surface area (Å²) >= 11 is 0. The smallest absolute Gasteiger partial charge is 0.328 e. The van der Waals surface area contributed by atoms with Crippen LogP contribution in [0.25, 0.3) is 6.08 Å². The first-order valence-electron chi connectivity index (χ1n) is 6.99. The summed E-state index contributed by atoms with van der Waals surface area (Å²) in [5.74, 6) is -0.467. The number of benzene rings is 2. The van der Waals surface area contributed by atoms with Crippen LogP contribution < -0.4 is 0 Å². The second-order valence-corrected chi connectivity index (χ2v) is 4.68. The summed E-state index contributed by atoms with van der Waals surface area (Å²) < 4.78 is 0. The molecule has 0 spiro atoms. The van der Waals surface area contributed by atoms with Gasteiger partial charge in [-0.05, 0) is 47.9 Å². The number of aromatic hydroxyl groups is 2. The molecule has 4 heteroatoms. The van der Waals surface area contributed by atoms with E-state index in [-0.39, 0.29) is 5.75 Å². The lowest BCUT2D eigenvalue weighted by atomic mass is 10.1. The molecule has 0 amide bonds. The average molecular weight is 300 g/mol. The standard InChI is InChI=1S/C9H8O3.C9H12O/c10-8-4-1-7(2-5-8)3-6-9(11)12;1-2-3-8-4-6-9(10)7-5-8/h1-6,10H,(H,11,12);4-7,10H,2-3H2,1H3/b6-3+;. The summed E-state index contributed by atoms with van der Waals surface area (Å²) in [5, 5.41) is 26.1. The molecule has 0 heterocycles. The number of aryl methyl sites for hydroxylation is 1. The van der Waals surface area contributed by atoms with Crippen molar-refractivity contribution in [1.82, 2.24) is 0 Å². The molecule has 0 fully saturated rings. The molecule has 3 N–H and O–H groups in total. The summed E-state index contributed by atoms with van der Waals surface area (Å²) in [5.41, 5.74) is 2.04. The molecule has 0 aliphatic rings. The van der Waals surface area contributed by atoms with Crippen molar-refractivity contribution in [3.8, 4) is 11.5 Å². The van der Waals surface area contributed by atoms with Gasteiger partial charge in [-0.2, -0.15) is 0 Å². The number of carboxylic acids is 1. The van der Waals surface area contributed by atoms with Crippen LogP contribution in [0.1, 0.15) is 24.5 Å². The summed E-state index contributed by atoms with van der Waals surface area (Å²) in [6.07, 6.45) is 4.76. The van der Waals surface area contributed by atoms with Gasteiger partial charge in [0.2, 0.25) is 0 Å². The fraction of sp³-hybridized carbons (Fsp3) is 0.167. The monoisotopic (exact) mass is 300 g/mol. The van der Waals surface area contributed by atoms with Crippen LogP contribution in [0.15, 0.2) is 54.6 Å². The summed E-state index contributed by atoms with van der Waals surface area (Å²) in [6.45, 7) is 2.15. The van der Waals surface area contributed by atoms with Crippen molar-refractivity contribution >= 4 is 12.0 Å². The van der Waals surface area contributed by atoms with E-state index in [1.54, 1.807) is 24.3 Å². The highest BCUT2D eigenvalue weighted by Crippen LogP contribution is 2.11. The van der Waals surface area contributed by atoms with Crippen molar-refractivity contribution in [3.63, 3.8) is 0 Å². The lowest BCUT2D eigenvalue weighted by Gasteiger charge is -1.96. The summed E-state index contributed by atoms with van der Waals surface area (Å²) in [7, 11) is 0. The molecule has 22 heavy (non-hydrogen) atoms. The van der Waals surface area contributed by atoms with E-state index in [2.05, 4.69) is 6.92 Å². The van der Waals surface area contributed by atoms with Crippen LogP contribution in [0.4, 0.5) is 0 Å². The SMILES string of the molecule is CCCc1ccc(O)cc1.O=C(O)/C=C/c1ccc(O)cc1. The minimum absolute atomic E-state index is 0.169. The van der Waals surface area contributed by atoms with Crippen molar-refractivity contribution in [1.29, 1.82) is 0 Å². The van der Waals surface area contributed by atoms with Gasteiger partial charge in [-0.15, -0.1) is 0 Å². The normalized spacial score (nSPS) is 10.0. The van der Waals surface area contributed by atoms with Crippen molar-refractivity contribution in [2.24, 2.45) is 0 Å². The number of phenols is 2. The van der Waals surface area contributed by atoms with E-state index in [0.29, 0.717) is 5.75 Å². The summed E-state index contributed by atoms with van der Waals surface area (Å²) in [4.78, 5) is 10.1. The zero-order valence-corrected chi connectivity index (χ0v) is 12.4. The van der Waals surface area contributed by atoms with Crippen LogP contribution in [-0.2, 0) is 11.2 Å². The molecule has 0 aromatic heterocycles. The highest BCUT2D eigenvalue weighted by Gasteiger charge is 1.90.